The Balaban J connectivity index is 2.38. The van der Waals surface area contributed by atoms with Gasteiger partial charge in [0.15, 0.2) is 5.69 Å². The van der Waals surface area contributed by atoms with Crippen LogP contribution < -0.4 is 5.73 Å². The Morgan fingerprint density at radius 1 is 1.24 bits per heavy atom. The minimum absolute atomic E-state index is 0.0822. The summed E-state index contributed by atoms with van der Waals surface area (Å²) in [6.45, 7) is 4.18. The third-order valence-corrected chi connectivity index (χ3v) is 5.61. The molecule has 0 radical (unpaired) electrons. The zero-order valence-electron chi connectivity index (χ0n) is 12.5. The molecule has 120 valence electrons. The number of rotatable bonds is 3. The zero-order valence-corrected chi connectivity index (χ0v) is 13.3. The number of nitrogens with two attached hydrogens (primary N) is 1. The number of thiazole rings is 1. The Kier molecular flexibility index (Phi) is 4.39. The second-order valence-electron chi connectivity index (χ2n) is 6.36. The lowest BCUT2D eigenvalue weighted by Gasteiger charge is -2.41. The van der Waals surface area contributed by atoms with Crippen molar-refractivity contribution in [3.8, 4) is 0 Å². The molecule has 2 rings (SSSR count). The van der Waals surface area contributed by atoms with Crippen LogP contribution >= 0.6 is 11.3 Å². The number of methoxy groups -OCH3 is 1. The molecule has 1 aliphatic rings. The predicted molar refractivity (Wildman–Crippen MR) is 75.9 cm³/mol. The van der Waals surface area contributed by atoms with Gasteiger partial charge < -0.3 is 10.5 Å². The Morgan fingerprint density at radius 3 is 2.19 bits per heavy atom. The van der Waals surface area contributed by atoms with Crippen LogP contribution in [0.1, 0.15) is 55.1 Å². The van der Waals surface area contributed by atoms with Crippen LogP contribution in [0.2, 0.25) is 0 Å². The molecule has 1 heterocycles. The van der Waals surface area contributed by atoms with E-state index in [-0.39, 0.29) is 16.8 Å². The molecule has 1 saturated carbocycles. The van der Waals surface area contributed by atoms with Crippen molar-refractivity contribution in [1.82, 2.24) is 4.98 Å². The average Bonchev–Trinajstić information content (AvgIpc) is 2.84. The zero-order chi connectivity index (χ0) is 15.9. The van der Waals surface area contributed by atoms with E-state index in [4.69, 9.17) is 10.5 Å². The van der Waals surface area contributed by atoms with E-state index in [1.54, 1.807) is 7.11 Å². The SMILES string of the molecule is COC1(c2nc(C(F)(F)F)c(CN)s2)CCC(C)(C)CC1. The molecule has 0 atom stereocenters. The number of nitrogens with zero attached hydrogens (tertiary/aromatic N) is 1. The van der Waals surface area contributed by atoms with Crippen molar-refractivity contribution in [3.63, 3.8) is 0 Å². The van der Waals surface area contributed by atoms with E-state index in [0.29, 0.717) is 17.8 Å². The van der Waals surface area contributed by atoms with Crippen LogP contribution in [-0.4, -0.2) is 12.1 Å². The molecule has 1 aromatic heterocycles. The summed E-state index contributed by atoms with van der Waals surface area (Å²) in [7, 11) is 1.55. The molecule has 0 aliphatic heterocycles. The van der Waals surface area contributed by atoms with Crippen molar-refractivity contribution in [2.24, 2.45) is 11.1 Å². The molecule has 1 aromatic rings. The molecule has 0 spiro atoms. The first-order valence-corrected chi connectivity index (χ1v) is 7.78. The van der Waals surface area contributed by atoms with Crippen LogP contribution in [0, 0.1) is 5.41 Å². The smallest absolute Gasteiger partial charge is 0.371 e. The maximum Gasteiger partial charge on any atom is 0.434 e. The van der Waals surface area contributed by atoms with E-state index in [1.165, 1.54) is 0 Å². The Bertz CT molecular complexity index is 501. The van der Waals surface area contributed by atoms with E-state index in [1.807, 2.05) is 0 Å². The topological polar surface area (TPSA) is 48.1 Å². The van der Waals surface area contributed by atoms with Crippen LogP contribution in [0.4, 0.5) is 13.2 Å². The van der Waals surface area contributed by atoms with Gasteiger partial charge in [-0.25, -0.2) is 4.98 Å². The summed E-state index contributed by atoms with van der Waals surface area (Å²) in [4.78, 5) is 3.94. The fraction of sp³-hybridized carbons (Fsp3) is 0.786. The summed E-state index contributed by atoms with van der Waals surface area (Å²) in [5, 5.41) is 0.410. The first-order chi connectivity index (χ1) is 9.63. The fourth-order valence-corrected chi connectivity index (χ4v) is 3.93. The third-order valence-electron chi connectivity index (χ3n) is 4.34. The molecule has 1 aliphatic carbocycles. The monoisotopic (exact) mass is 322 g/mol. The molecular weight excluding hydrogens is 301 g/mol. The van der Waals surface area contributed by atoms with E-state index in [0.717, 1.165) is 24.2 Å². The molecule has 7 heteroatoms. The molecule has 0 amide bonds. The van der Waals surface area contributed by atoms with Gasteiger partial charge in [-0.2, -0.15) is 13.2 Å². The number of hydrogen-bond donors (Lipinski definition) is 1. The van der Waals surface area contributed by atoms with Crippen LogP contribution in [-0.2, 0) is 23.1 Å². The van der Waals surface area contributed by atoms with Crippen molar-refractivity contribution in [2.45, 2.75) is 57.9 Å². The van der Waals surface area contributed by atoms with Gasteiger partial charge in [0, 0.05) is 13.7 Å². The van der Waals surface area contributed by atoms with Gasteiger partial charge in [0.25, 0.3) is 0 Å². The first-order valence-electron chi connectivity index (χ1n) is 6.96. The largest absolute Gasteiger partial charge is 0.434 e. The molecule has 0 bridgehead atoms. The maximum atomic E-state index is 13.0. The number of halogens is 3. The van der Waals surface area contributed by atoms with Gasteiger partial charge in [-0.1, -0.05) is 13.8 Å². The lowest BCUT2D eigenvalue weighted by Crippen LogP contribution is -2.36. The van der Waals surface area contributed by atoms with Crippen LogP contribution in [0.5, 0.6) is 0 Å². The molecule has 3 nitrogen and oxygen atoms in total. The van der Waals surface area contributed by atoms with Gasteiger partial charge in [0.05, 0.1) is 4.88 Å². The lowest BCUT2D eigenvalue weighted by atomic mass is 9.71. The van der Waals surface area contributed by atoms with Crippen molar-refractivity contribution >= 4 is 11.3 Å². The molecule has 0 saturated heterocycles. The minimum Gasteiger partial charge on any atom is -0.371 e. The fourth-order valence-electron chi connectivity index (χ4n) is 2.74. The summed E-state index contributed by atoms with van der Waals surface area (Å²) < 4.78 is 44.7. The number of hydrogen-bond acceptors (Lipinski definition) is 4. The van der Waals surface area contributed by atoms with Crippen LogP contribution in [0.25, 0.3) is 0 Å². The highest BCUT2D eigenvalue weighted by Crippen LogP contribution is 2.49. The summed E-state index contributed by atoms with van der Waals surface area (Å²) in [6.07, 6.45) is -1.29. The maximum absolute atomic E-state index is 13.0. The molecule has 2 N–H and O–H groups in total. The highest BCUT2D eigenvalue weighted by Gasteiger charge is 2.45. The quantitative estimate of drug-likeness (QED) is 0.913. The van der Waals surface area contributed by atoms with Gasteiger partial charge in [-0.05, 0) is 31.1 Å². The van der Waals surface area contributed by atoms with Crippen molar-refractivity contribution in [2.75, 3.05) is 7.11 Å². The summed E-state index contributed by atoms with van der Waals surface area (Å²) >= 11 is 1.04. The van der Waals surface area contributed by atoms with E-state index in [9.17, 15) is 13.2 Å². The first kappa shape index (κ1) is 16.7. The minimum atomic E-state index is -4.47. The third kappa shape index (κ3) is 3.24. The Morgan fingerprint density at radius 2 is 1.81 bits per heavy atom. The predicted octanol–water partition coefficient (Wildman–Crippen LogP) is 4.06. The van der Waals surface area contributed by atoms with E-state index in [2.05, 4.69) is 18.8 Å². The number of alkyl halides is 3. The van der Waals surface area contributed by atoms with Gasteiger partial charge in [0.2, 0.25) is 0 Å². The van der Waals surface area contributed by atoms with Gasteiger partial charge in [-0.15, -0.1) is 11.3 Å². The van der Waals surface area contributed by atoms with Gasteiger partial charge in [-0.3, -0.25) is 0 Å². The molecule has 21 heavy (non-hydrogen) atoms. The van der Waals surface area contributed by atoms with Gasteiger partial charge in [0.1, 0.15) is 10.6 Å². The highest BCUT2D eigenvalue weighted by molar-refractivity contribution is 7.11. The van der Waals surface area contributed by atoms with Crippen LogP contribution in [0.15, 0.2) is 0 Å². The number of aromatic nitrogens is 1. The second kappa shape index (κ2) is 5.52. The summed E-state index contributed by atoms with van der Waals surface area (Å²) in [6, 6.07) is 0. The molecular formula is C14H21F3N2OS. The molecule has 1 fully saturated rings. The normalized spacial score (nSPS) is 21.5. The second-order valence-corrected chi connectivity index (χ2v) is 7.44. The Labute approximate surface area is 126 Å². The average molecular weight is 322 g/mol. The highest BCUT2D eigenvalue weighted by atomic mass is 32.1. The summed E-state index contributed by atoms with van der Waals surface area (Å²) in [5.41, 5.74) is 4.09. The standard InChI is InChI=1S/C14H21F3N2OS/c1-12(2)4-6-13(20-3,7-5-12)11-19-10(14(15,16)17)9(8-18)21-11/h4-8,18H2,1-3H3. The van der Waals surface area contributed by atoms with Crippen LogP contribution in [0.3, 0.4) is 0 Å². The van der Waals surface area contributed by atoms with Crippen molar-refractivity contribution < 1.29 is 17.9 Å². The lowest BCUT2D eigenvalue weighted by molar-refractivity contribution is -0.142. The van der Waals surface area contributed by atoms with Crippen molar-refractivity contribution in [3.05, 3.63) is 15.6 Å². The molecule has 0 aromatic carbocycles. The Hall–Kier alpha value is -0.660. The van der Waals surface area contributed by atoms with E-state index >= 15 is 0 Å². The number of ether oxygens (including phenoxy) is 1. The molecule has 0 unspecified atom stereocenters. The summed E-state index contributed by atoms with van der Waals surface area (Å²) in [5.74, 6) is 0. The van der Waals surface area contributed by atoms with E-state index < -0.39 is 17.5 Å². The van der Waals surface area contributed by atoms with Gasteiger partial charge >= 0.3 is 6.18 Å². The van der Waals surface area contributed by atoms with Crippen molar-refractivity contribution in [1.29, 1.82) is 0 Å².